The Morgan fingerprint density at radius 3 is 2.32 bits per heavy atom. The number of nitro groups is 1. The fourth-order valence-electron chi connectivity index (χ4n) is 1.97. The zero-order valence-electron chi connectivity index (χ0n) is 14.4. The molecule has 8 heteroatoms. The summed E-state index contributed by atoms with van der Waals surface area (Å²) in [6, 6.07) is 5.70. The molecule has 0 radical (unpaired) electrons. The van der Waals surface area contributed by atoms with Crippen LogP contribution in [0, 0.1) is 10.1 Å². The van der Waals surface area contributed by atoms with Crippen molar-refractivity contribution in [3.63, 3.8) is 0 Å². The Morgan fingerprint density at radius 1 is 1.20 bits per heavy atom. The van der Waals surface area contributed by atoms with Gasteiger partial charge < -0.3 is 9.47 Å². The molecule has 25 heavy (non-hydrogen) atoms. The lowest BCUT2D eigenvalue weighted by Crippen LogP contribution is -2.34. The Bertz CT molecular complexity index is 734. The number of nitro benzene ring substituents is 1. The van der Waals surface area contributed by atoms with E-state index in [-0.39, 0.29) is 23.4 Å². The van der Waals surface area contributed by atoms with E-state index in [0.717, 1.165) is 13.0 Å². The number of rotatable bonds is 7. The number of carbonyl (C=O) groups is 3. The fraction of sp³-hybridized carbons (Fsp3) is 0.353. The highest BCUT2D eigenvalue weighted by Gasteiger charge is 2.26. The molecule has 0 spiro atoms. The molecule has 0 bridgehead atoms. The topological polar surface area (TPSA) is 113 Å². The molecule has 0 atom stereocenters. The van der Waals surface area contributed by atoms with Crippen molar-refractivity contribution in [1.29, 1.82) is 0 Å². The van der Waals surface area contributed by atoms with E-state index in [1.54, 1.807) is 19.9 Å². The van der Waals surface area contributed by atoms with Crippen molar-refractivity contribution in [2.24, 2.45) is 0 Å². The number of nitrogens with zero attached hydrogens (tertiary/aromatic N) is 1. The molecule has 1 rings (SSSR count). The minimum Gasteiger partial charge on any atom is -0.458 e. The van der Waals surface area contributed by atoms with Gasteiger partial charge in [0.2, 0.25) is 0 Å². The second kappa shape index (κ2) is 8.18. The van der Waals surface area contributed by atoms with E-state index in [4.69, 9.17) is 9.47 Å². The van der Waals surface area contributed by atoms with Crippen LogP contribution >= 0.6 is 0 Å². The molecule has 1 aromatic rings. The van der Waals surface area contributed by atoms with Crippen molar-refractivity contribution in [3.8, 4) is 0 Å². The van der Waals surface area contributed by atoms with Crippen LogP contribution in [0.2, 0.25) is 0 Å². The number of Topliss-reactive ketones (excluding diaryl/α,β-unsaturated/α-hetero) is 1. The molecule has 0 N–H and O–H groups in total. The van der Waals surface area contributed by atoms with Crippen LogP contribution in [-0.2, 0) is 23.9 Å². The lowest BCUT2D eigenvalue weighted by Gasteiger charge is -2.23. The minimum absolute atomic E-state index is 0.105. The molecule has 0 aromatic heterocycles. The van der Waals surface area contributed by atoms with Gasteiger partial charge in [0, 0.05) is 13.0 Å². The summed E-state index contributed by atoms with van der Waals surface area (Å²) in [6.45, 7) is 5.19. The van der Waals surface area contributed by atoms with E-state index in [1.807, 2.05) is 0 Å². The first-order chi connectivity index (χ1) is 11.5. The number of ether oxygens (including phenoxy) is 2. The standard InChI is InChI=1S/C17H19NO7/c1-11(19)14(9-13-7-5-6-8-15(13)18(22)23)16(21)24-10-17(3,4)25-12(2)20/h5-9H,10H2,1-4H3. The number of para-hydroxylation sites is 1. The van der Waals surface area contributed by atoms with Gasteiger partial charge in [-0.25, -0.2) is 4.79 Å². The van der Waals surface area contributed by atoms with Crippen LogP contribution in [-0.4, -0.2) is 34.9 Å². The van der Waals surface area contributed by atoms with Gasteiger partial charge in [0.25, 0.3) is 5.69 Å². The summed E-state index contributed by atoms with van der Waals surface area (Å²) in [5.41, 5.74) is -1.54. The van der Waals surface area contributed by atoms with Crippen LogP contribution in [0.4, 0.5) is 5.69 Å². The highest BCUT2D eigenvalue weighted by Crippen LogP contribution is 2.21. The molecule has 0 aliphatic carbocycles. The second-order valence-corrected chi connectivity index (χ2v) is 5.86. The maximum Gasteiger partial charge on any atom is 0.341 e. The largest absolute Gasteiger partial charge is 0.458 e. The number of benzene rings is 1. The molecule has 0 saturated heterocycles. The van der Waals surface area contributed by atoms with Gasteiger partial charge in [-0.15, -0.1) is 0 Å². The average molecular weight is 349 g/mol. The van der Waals surface area contributed by atoms with Crippen molar-refractivity contribution < 1.29 is 28.8 Å². The molecule has 0 unspecified atom stereocenters. The summed E-state index contributed by atoms with van der Waals surface area (Å²) in [7, 11) is 0. The summed E-state index contributed by atoms with van der Waals surface area (Å²) in [4.78, 5) is 45.3. The first kappa shape index (κ1) is 20.0. The number of carbonyl (C=O) groups excluding carboxylic acids is 3. The number of ketones is 1. The smallest absolute Gasteiger partial charge is 0.341 e. The van der Waals surface area contributed by atoms with E-state index < -0.39 is 28.2 Å². The Morgan fingerprint density at radius 2 is 1.80 bits per heavy atom. The van der Waals surface area contributed by atoms with Gasteiger partial charge in [-0.2, -0.15) is 0 Å². The van der Waals surface area contributed by atoms with E-state index in [9.17, 15) is 24.5 Å². The van der Waals surface area contributed by atoms with Crippen LogP contribution in [0.3, 0.4) is 0 Å². The van der Waals surface area contributed by atoms with Crippen LogP contribution < -0.4 is 0 Å². The molecular weight excluding hydrogens is 330 g/mol. The van der Waals surface area contributed by atoms with Crippen molar-refractivity contribution in [3.05, 3.63) is 45.5 Å². The quantitative estimate of drug-likeness (QED) is 0.185. The Hall–Kier alpha value is -3.03. The highest BCUT2D eigenvalue weighted by atomic mass is 16.6. The van der Waals surface area contributed by atoms with Gasteiger partial charge in [-0.1, -0.05) is 12.1 Å². The molecular formula is C17H19NO7. The SMILES string of the molecule is CC(=O)OC(C)(C)COC(=O)C(=Cc1ccccc1[N+](=O)[O-])C(C)=O. The molecule has 1 aromatic carbocycles. The van der Waals surface area contributed by atoms with Crippen molar-refractivity contribution in [1.82, 2.24) is 0 Å². The molecule has 0 aliphatic heterocycles. The molecule has 0 heterocycles. The molecule has 0 fully saturated rings. The number of hydrogen-bond donors (Lipinski definition) is 0. The normalized spacial score (nSPS) is 11.6. The Kier molecular flexibility index (Phi) is 6.55. The van der Waals surface area contributed by atoms with Gasteiger partial charge in [-0.05, 0) is 32.9 Å². The first-order valence-electron chi connectivity index (χ1n) is 7.36. The lowest BCUT2D eigenvalue weighted by molar-refractivity contribution is -0.385. The van der Waals surface area contributed by atoms with Gasteiger partial charge >= 0.3 is 11.9 Å². The Labute approximate surface area is 144 Å². The van der Waals surface area contributed by atoms with Crippen molar-refractivity contribution in [2.75, 3.05) is 6.61 Å². The van der Waals surface area contributed by atoms with Gasteiger partial charge in [0.15, 0.2) is 5.78 Å². The second-order valence-electron chi connectivity index (χ2n) is 5.86. The maximum absolute atomic E-state index is 12.2. The zero-order valence-corrected chi connectivity index (χ0v) is 14.4. The third-order valence-electron chi connectivity index (χ3n) is 3.00. The van der Waals surface area contributed by atoms with Gasteiger partial charge in [0.1, 0.15) is 17.8 Å². The van der Waals surface area contributed by atoms with Crippen LogP contribution in [0.1, 0.15) is 33.3 Å². The summed E-state index contributed by atoms with van der Waals surface area (Å²) in [5.74, 6) is -2.09. The third kappa shape index (κ3) is 6.17. The first-order valence-corrected chi connectivity index (χ1v) is 7.36. The van der Waals surface area contributed by atoms with E-state index >= 15 is 0 Å². The average Bonchev–Trinajstić information content (AvgIpc) is 2.49. The Balaban J connectivity index is 3.05. The summed E-state index contributed by atoms with van der Waals surface area (Å²) in [6.07, 6.45) is 1.11. The fourth-order valence-corrected chi connectivity index (χ4v) is 1.97. The number of esters is 2. The molecule has 0 saturated carbocycles. The predicted molar refractivity (Wildman–Crippen MR) is 88.6 cm³/mol. The summed E-state index contributed by atoms with van der Waals surface area (Å²) >= 11 is 0. The molecule has 0 amide bonds. The molecule has 0 aliphatic rings. The van der Waals surface area contributed by atoms with Crippen LogP contribution in [0.5, 0.6) is 0 Å². The van der Waals surface area contributed by atoms with Crippen molar-refractivity contribution >= 4 is 29.5 Å². The number of hydrogen-bond acceptors (Lipinski definition) is 7. The highest BCUT2D eigenvalue weighted by molar-refractivity contribution is 6.20. The van der Waals surface area contributed by atoms with E-state index in [0.29, 0.717) is 0 Å². The maximum atomic E-state index is 12.2. The molecule has 8 nitrogen and oxygen atoms in total. The summed E-state index contributed by atoms with van der Waals surface area (Å²) in [5, 5.41) is 11.0. The minimum atomic E-state index is -1.07. The monoisotopic (exact) mass is 349 g/mol. The van der Waals surface area contributed by atoms with Crippen molar-refractivity contribution in [2.45, 2.75) is 33.3 Å². The zero-order chi connectivity index (χ0) is 19.2. The van der Waals surface area contributed by atoms with Gasteiger partial charge in [-0.3, -0.25) is 19.7 Å². The van der Waals surface area contributed by atoms with E-state index in [1.165, 1.54) is 25.1 Å². The lowest BCUT2D eigenvalue weighted by atomic mass is 10.1. The summed E-state index contributed by atoms with van der Waals surface area (Å²) < 4.78 is 10.0. The van der Waals surface area contributed by atoms with Gasteiger partial charge in [0.05, 0.1) is 10.5 Å². The molecule has 134 valence electrons. The third-order valence-corrected chi connectivity index (χ3v) is 3.00. The van der Waals surface area contributed by atoms with Crippen LogP contribution in [0.25, 0.3) is 6.08 Å². The van der Waals surface area contributed by atoms with E-state index in [2.05, 4.69) is 0 Å². The predicted octanol–water partition coefficient (Wildman–Crippen LogP) is 2.45. The van der Waals surface area contributed by atoms with Crippen LogP contribution in [0.15, 0.2) is 29.8 Å².